The van der Waals surface area contributed by atoms with Crippen molar-refractivity contribution < 1.29 is 19.0 Å². The van der Waals surface area contributed by atoms with Crippen LogP contribution < -0.4 is 19.9 Å². The molecule has 0 radical (unpaired) electrons. The van der Waals surface area contributed by atoms with Gasteiger partial charge in [0.15, 0.2) is 23.4 Å². The van der Waals surface area contributed by atoms with Gasteiger partial charge in [-0.05, 0) is 54.7 Å². The third kappa shape index (κ3) is 5.31. The van der Waals surface area contributed by atoms with Gasteiger partial charge in [0.1, 0.15) is 5.75 Å². The first kappa shape index (κ1) is 28.5. The molecule has 3 aromatic heterocycles. The molecule has 5 heterocycles. The molecule has 5 aromatic rings. The SMILES string of the molecule is COc1ccc(CN(C)c2cc(N3CCc4c(-c5ccc(C6OCCO6)cn5)cccc43)nn3c(C(=O)NC4CC4)cnc23)cc1. The molecule has 0 bridgehead atoms. The number of hydrogen-bond donors (Lipinski definition) is 1. The van der Waals surface area contributed by atoms with E-state index in [1.54, 1.807) is 17.8 Å². The molecule has 11 nitrogen and oxygen atoms in total. The topological polar surface area (TPSA) is 106 Å². The number of amides is 1. The molecular weight excluding hydrogens is 582 g/mol. The van der Waals surface area contributed by atoms with Gasteiger partial charge in [0.2, 0.25) is 0 Å². The first-order chi connectivity index (χ1) is 22.6. The number of pyridine rings is 1. The maximum absolute atomic E-state index is 13.3. The van der Waals surface area contributed by atoms with E-state index in [0.29, 0.717) is 31.1 Å². The van der Waals surface area contributed by atoms with Crippen molar-refractivity contribution in [2.45, 2.75) is 38.1 Å². The zero-order valence-electron chi connectivity index (χ0n) is 25.8. The Balaban J connectivity index is 1.16. The van der Waals surface area contributed by atoms with E-state index in [9.17, 15) is 4.79 Å². The molecule has 234 valence electrons. The van der Waals surface area contributed by atoms with Gasteiger partial charge in [0.25, 0.3) is 5.91 Å². The average Bonchev–Trinajstić information content (AvgIpc) is 3.46. The fourth-order valence-electron chi connectivity index (χ4n) is 6.25. The molecule has 0 unspecified atom stereocenters. The van der Waals surface area contributed by atoms with E-state index >= 15 is 0 Å². The highest BCUT2D eigenvalue weighted by Crippen LogP contribution is 2.40. The lowest BCUT2D eigenvalue weighted by Crippen LogP contribution is -2.27. The van der Waals surface area contributed by atoms with Gasteiger partial charge in [-0.1, -0.05) is 30.3 Å². The van der Waals surface area contributed by atoms with Gasteiger partial charge in [-0.25, -0.2) is 9.50 Å². The Morgan fingerprint density at radius 2 is 1.87 bits per heavy atom. The highest BCUT2D eigenvalue weighted by molar-refractivity contribution is 5.94. The molecule has 0 atom stereocenters. The Hall–Kier alpha value is -5.00. The van der Waals surface area contributed by atoms with E-state index in [1.807, 2.05) is 37.5 Å². The number of nitrogens with zero attached hydrogens (tertiary/aromatic N) is 6. The van der Waals surface area contributed by atoms with Crippen LogP contribution in [0.1, 0.15) is 46.3 Å². The Bertz CT molecular complexity index is 1900. The number of imidazole rings is 1. The average molecular weight is 618 g/mol. The number of benzene rings is 2. The van der Waals surface area contributed by atoms with Crippen molar-refractivity contribution >= 4 is 28.7 Å². The predicted octanol–water partition coefficient (Wildman–Crippen LogP) is 5.07. The lowest BCUT2D eigenvalue weighted by molar-refractivity contribution is -0.0443. The number of carbonyl (C=O) groups is 1. The molecule has 46 heavy (non-hydrogen) atoms. The smallest absolute Gasteiger partial charge is 0.271 e. The van der Waals surface area contributed by atoms with Crippen LogP contribution in [0.3, 0.4) is 0 Å². The largest absolute Gasteiger partial charge is 0.497 e. The second-order valence-electron chi connectivity index (χ2n) is 12.0. The molecule has 1 aliphatic carbocycles. The maximum atomic E-state index is 13.3. The molecular formula is C35H35N7O4. The monoisotopic (exact) mass is 617 g/mol. The van der Waals surface area contributed by atoms with Gasteiger partial charge in [0, 0.05) is 55.3 Å². The predicted molar refractivity (Wildman–Crippen MR) is 174 cm³/mol. The van der Waals surface area contributed by atoms with Gasteiger partial charge in [-0.3, -0.25) is 9.78 Å². The van der Waals surface area contributed by atoms with Crippen LogP contribution >= 0.6 is 0 Å². The Morgan fingerprint density at radius 3 is 2.61 bits per heavy atom. The van der Waals surface area contributed by atoms with E-state index < -0.39 is 0 Å². The van der Waals surface area contributed by atoms with Crippen molar-refractivity contribution in [3.8, 4) is 17.0 Å². The molecule has 1 saturated heterocycles. The lowest BCUT2D eigenvalue weighted by Gasteiger charge is -2.24. The van der Waals surface area contributed by atoms with Gasteiger partial charge in [-0.2, -0.15) is 0 Å². The van der Waals surface area contributed by atoms with Crippen molar-refractivity contribution in [1.29, 1.82) is 0 Å². The van der Waals surface area contributed by atoms with Crippen LogP contribution in [0.5, 0.6) is 5.75 Å². The zero-order valence-corrected chi connectivity index (χ0v) is 25.8. The summed E-state index contributed by atoms with van der Waals surface area (Å²) in [5.74, 6) is 1.40. The minimum Gasteiger partial charge on any atom is -0.497 e. The van der Waals surface area contributed by atoms with Crippen LogP contribution in [-0.2, 0) is 22.4 Å². The minimum absolute atomic E-state index is 0.157. The van der Waals surface area contributed by atoms with Crippen LogP contribution in [-0.4, -0.2) is 65.4 Å². The minimum atomic E-state index is -0.351. The second kappa shape index (κ2) is 11.7. The Labute approximate surface area is 266 Å². The number of anilines is 3. The summed E-state index contributed by atoms with van der Waals surface area (Å²) in [5, 5.41) is 8.13. The van der Waals surface area contributed by atoms with E-state index in [4.69, 9.17) is 29.3 Å². The standard InChI is InChI=1S/C35H35N7O4/c1-40(21-22-6-11-25(44-2)12-7-22)30-18-32(39-42-31(20-37-33(30)42)34(43)38-24-9-10-24)41-15-14-27-26(4-3-5-29(27)41)28-13-8-23(19-36-28)35-45-16-17-46-35/h3-8,11-13,18-20,24,35H,9-10,14-17,21H2,1-2H3,(H,38,43). The van der Waals surface area contributed by atoms with E-state index in [2.05, 4.69) is 51.5 Å². The summed E-state index contributed by atoms with van der Waals surface area (Å²) in [5.41, 5.74) is 8.25. The number of fused-ring (bicyclic) bond motifs is 2. The molecule has 2 aliphatic heterocycles. The lowest BCUT2D eigenvalue weighted by atomic mass is 10.0. The molecule has 0 spiro atoms. The van der Waals surface area contributed by atoms with Crippen LogP contribution in [0.25, 0.3) is 16.9 Å². The van der Waals surface area contributed by atoms with Gasteiger partial charge >= 0.3 is 0 Å². The van der Waals surface area contributed by atoms with Crippen molar-refractivity contribution in [2.24, 2.45) is 0 Å². The maximum Gasteiger partial charge on any atom is 0.271 e. The number of carbonyl (C=O) groups excluding carboxylic acids is 1. The summed E-state index contributed by atoms with van der Waals surface area (Å²) in [6.07, 6.45) is 5.95. The summed E-state index contributed by atoms with van der Waals surface area (Å²) in [6, 6.07) is 20.7. The molecule has 2 aromatic carbocycles. The third-order valence-electron chi connectivity index (χ3n) is 8.83. The zero-order chi connectivity index (χ0) is 31.2. The van der Waals surface area contributed by atoms with Gasteiger partial charge in [0.05, 0.1) is 37.9 Å². The molecule has 11 heteroatoms. The Morgan fingerprint density at radius 1 is 1.04 bits per heavy atom. The molecule has 1 saturated carbocycles. The van der Waals surface area contributed by atoms with Crippen molar-refractivity contribution in [1.82, 2.24) is 24.9 Å². The van der Waals surface area contributed by atoms with Crippen molar-refractivity contribution in [3.63, 3.8) is 0 Å². The summed E-state index contributed by atoms with van der Waals surface area (Å²) in [7, 11) is 3.70. The van der Waals surface area contributed by atoms with Crippen LogP contribution in [0.4, 0.5) is 17.2 Å². The van der Waals surface area contributed by atoms with Gasteiger partial charge < -0.3 is 29.3 Å². The highest BCUT2D eigenvalue weighted by atomic mass is 16.7. The van der Waals surface area contributed by atoms with Crippen molar-refractivity contribution in [2.75, 3.05) is 43.7 Å². The molecule has 8 rings (SSSR count). The quantitative estimate of drug-likeness (QED) is 0.243. The number of ether oxygens (including phenoxy) is 3. The summed E-state index contributed by atoms with van der Waals surface area (Å²) in [4.78, 5) is 27.1. The van der Waals surface area contributed by atoms with E-state index in [-0.39, 0.29) is 18.2 Å². The number of hydrogen-bond acceptors (Lipinski definition) is 9. The normalized spacial score (nSPS) is 16.2. The number of methoxy groups -OCH3 is 1. The van der Waals surface area contributed by atoms with E-state index in [1.165, 1.54) is 5.56 Å². The molecule has 3 aliphatic rings. The highest BCUT2D eigenvalue weighted by Gasteiger charge is 2.29. The summed E-state index contributed by atoms with van der Waals surface area (Å²) in [6.45, 7) is 2.57. The fraction of sp³-hybridized carbons (Fsp3) is 0.314. The molecule has 1 amide bonds. The van der Waals surface area contributed by atoms with Crippen LogP contribution in [0.2, 0.25) is 0 Å². The molecule has 1 N–H and O–H groups in total. The summed E-state index contributed by atoms with van der Waals surface area (Å²) >= 11 is 0. The first-order valence-electron chi connectivity index (χ1n) is 15.7. The third-order valence-corrected chi connectivity index (χ3v) is 8.83. The number of rotatable bonds is 9. The fourth-order valence-corrected chi connectivity index (χ4v) is 6.25. The second-order valence-corrected chi connectivity index (χ2v) is 12.0. The summed E-state index contributed by atoms with van der Waals surface area (Å²) < 4.78 is 18.3. The van der Waals surface area contributed by atoms with Crippen LogP contribution in [0, 0.1) is 0 Å². The van der Waals surface area contributed by atoms with Crippen LogP contribution in [0.15, 0.2) is 73.1 Å². The van der Waals surface area contributed by atoms with E-state index in [0.717, 1.165) is 71.1 Å². The van der Waals surface area contributed by atoms with Gasteiger partial charge in [-0.15, -0.1) is 5.10 Å². The number of nitrogens with one attached hydrogen (secondary N) is 1. The molecule has 2 fully saturated rings. The number of aromatic nitrogens is 4. The first-order valence-corrected chi connectivity index (χ1v) is 15.7. The van der Waals surface area contributed by atoms with Crippen molar-refractivity contribution in [3.05, 3.63) is 95.4 Å². The Kier molecular flexibility index (Phi) is 7.26.